The van der Waals surface area contributed by atoms with Gasteiger partial charge in [0.2, 0.25) is 11.6 Å². The van der Waals surface area contributed by atoms with Crippen molar-refractivity contribution in [1.82, 2.24) is 0 Å². The zero-order valence-corrected chi connectivity index (χ0v) is 16.8. The molecule has 9 heteroatoms. The van der Waals surface area contributed by atoms with Crippen LogP contribution in [0.5, 0.6) is 11.5 Å². The van der Waals surface area contributed by atoms with Gasteiger partial charge in [-0.25, -0.2) is 13.6 Å². The fraction of sp³-hybridized carbons (Fsp3) is 0.316. The van der Waals surface area contributed by atoms with Crippen molar-refractivity contribution >= 4 is 28.6 Å². The smallest absolute Gasteiger partial charge is 0.335 e. The summed E-state index contributed by atoms with van der Waals surface area (Å²) in [6.45, 7) is 0.342. The molecule has 2 aromatic carbocycles. The molecule has 0 heterocycles. The Morgan fingerprint density at radius 1 is 0.821 bits per heavy atom. The molecule has 0 saturated carbocycles. The van der Waals surface area contributed by atoms with Gasteiger partial charge in [0.15, 0.2) is 17.4 Å². The van der Waals surface area contributed by atoms with Crippen LogP contribution < -0.4 is 9.47 Å². The second kappa shape index (κ2) is 10.5. The summed E-state index contributed by atoms with van der Waals surface area (Å²) in [7, 11) is 0. The van der Waals surface area contributed by atoms with Crippen LogP contribution >= 0.6 is 22.6 Å². The van der Waals surface area contributed by atoms with E-state index in [-0.39, 0.29) is 12.2 Å². The molecule has 0 aliphatic carbocycles. The van der Waals surface area contributed by atoms with Gasteiger partial charge in [0, 0.05) is 0 Å². The van der Waals surface area contributed by atoms with E-state index in [1.54, 1.807) is 12.1 Å². The summed E-state index contributed by atoms with van der Waals surface area (Å²) in [5.74, 6) is -7.50. The number of carboxylic acid groups (broad SMARTS) is 1. The minimum Gasteiger partial charge on any atom is -0.494 e. The van der Waals surface area contributed by atoms with E-state index in [1.807, 2.05) is 0 Å². The summed E-state index contributed by atoms with van der Waals surface area (Å²) in [4.78, 5) is 10.7. The number of rotatable bonds is 10. The van der Waals surface area contributed by atoms with E-state index in [0.29, 0.717) is 31.6 Å². The summed E-state index contributed by atoms with van der Waals surface area (Å²) in [6, 6.07) is 6.03. The standard InChI is InChI=1S/C19H17F4IO4/c20-13-15(22)18(16(23)14(21)17(13)24)28-10-4-2-1-3-9-27-12-7-5-11(6-8-12)19(25)26/h5-8H,1-4,9-10H2,(H,25,26). The van der Waals surface area contributed by atoms with E-state index in [1.165, 1.54) is 34.7 Å². The molecule has 0 aliphatic rings. The fourth-order valence-electron chi connectivity index (χ4n) is 2.33. The van der Waals surface area contributed by atoms with Crippen molar-refractivity contribution in [2.75, 3.05) is 13.2 Å². The third kappa shape index (κ3) is 5.73. The first-order valence-corrected chi connectivity index (χ1v) is 9.51. The van der Waals surface area contributed by atoms with Crippen molar-refractivity contribution in [3.63, 3.8) is 0 Å². The van der Waals surface area contributed by atoms with Crippen LogP contribution in [0.2, 0.25) is 0 Å². The number of carboxylic acids is 1. The van der Waals surface area contributed by atoms with Gasteiger partial charge < -0.3 is 14.6 Å². The topological polar surface area (TPSA) is 55.8 Å². The molecule has 0 saturated heterocycles. The van der Waals surface area contributed by atoms with E-state index >= 15 is 0 Å². The molecule has 0 aromatic heterocycles. The molecule has 0 amide bonds. The van der Waals surface area contributed by atoms with Gasteiger partial charge in [-0.3, -0.25) is 0 Å². The average Bonchev–Trinajstić information content (AvgIpc) is 2.69. The third-order valence-electron chi connectivity index (χ3n) is 3.82. The lowest BCUT2D eigenvalue weighted by Gasteiger charge is -2.11. The summed E-state index contributed by atoms with van der Waals surface area (Å²) >= 11 is 1.19. The first-order valence-electron chi connectivity index (χ1n) is 8.43. The molecule has 0 bridgehead atoms. The van der Waals surface area contributed by atoms with Crippen molar-refractivity contribution < 1.29 is 36.9 Å². The van der Waals surface area contributed by atoms with Crippen LogP contribution in [0.1, 0.15) is 36.0 Å². The molecule has 0 atom stereocenters. The molecule has 152 valence electrons. The monoisotopic (exact) mass is 512 g/mol. The Kier molecular flexibility index (Phi) is 8.34. The van der Waals surface area contributed by atoms with E-state index in [0.717, 1.165) is 6.42 Å². The van der Waals surface area contributed by atoms with Gasteiger partial charge in [-0.15, -0.1) is 0 Å². The van der Waals surface area contributed by atoms with Crippen LogP contribution in [0, 0.1) is 26.8 Å². The van der Waals surface area contributed by atoms with Crippen LogP contribution in [0.25, 0.3) is 0 Å². The zero-order valence-electron chi connectivity index (χ0n) is 14.6. The van der Waals surface area contributed by atoms with Crippen molar-refractivity contribution in [3.8, 4) is 11.5 Å². The van der Waals surface area contributed by atoms with Crippen LogP contribution in [0.4, 0.5) is 17.6 Å². The second-order valence-corrected chi connectivity index (χ2v) is 6.92. The Bertz CT molecular complexity index is 799. The van der Waals surface area contributed by atoms with Crippen molar-refractivity contribution in [2.45, 2.75) is 25.7 Å². The maximum atomic E-state index is 13.6. The van der Waals surface area contributed by atoms with Crippen molar-refractivity contribution in [2.24, 2.45) is 0 Å². The molecule has 0 spiro atoms. The molecular weight excluding hydrogens is 495 g/mol. The quantitative estimate of drug-likeness (QED) is 0.149. The zero-order chi connectivity index (χ0) is 20.7. The molecule has 28 heavy (non-hydrogen) atoms. The Labute approximate surface area is 172 Å². The van der Waals surface area contributed by atoms with Gasteiger partial charge in [0.25, 0.3) is 0 Å². The molecule has 0 fully saturated rings. The minimum atomic E-state index is -1.54. The van der Waals surface area contributed by atoms with Crippen molar-refractivity contribution in [3.05, 3.63) is 56.7 Å². The molecule has 2 aromatic rings. The highest BCUT2D eigenvalue weighted by Gasteiger charge is 2.25. The predicted octanol–water partition coefficient (Wildman–Crippen LogP) is 5.56. The third-order valence-corrected chi connectivity index (χ3v) is 4.77. The largest absolute Gasteiger partial charge is 0.494 e. The lowest BCUT2D eigenvalue weighted by atomic mass is 10.2. The molecular formula is C19H17F4IO4. The van der Waals surface area contributed by atoms with Crippen LogP contribution in [-0.4, -0.2) is 24.3 Å². The number of halogens is 5. The van der Waals surface area contributed by atoms with Crippen molar-refractivity contribution in [1.29, 1.82) is 0 Å². The second-order valence-electron chi connectivity index (χ2n) is 5.84. The number of benzene rings is 2. The summed E-state index contributed by atoms with van der Waals surface area (Å²) in [5, 5.41) is 8.80. The average molecular weight is 512 g/mol. The van der Waals surface area contributed by atoms with E-state index in [9.17, 15) is 22.4 Å². The molecule has 0 aliphatic heterocycles. The predicted molar refractivity (Wildman–Crippen MR) is 102 cm³/mol. The van der Waals surface area contributed by atoms with Gasteiger partial charge in [-0.05, 0) is 72.5 Å². The fourth-order valence-corrected chi connectivity index (χ4v) is 2.80. The number of unbranched alkanes of at least 4 members (excludes halogenated alkanes) is 3. The minimum absolute atomic E-state index is 0.0786. The highest BCUT2D eigenvalue weighted by molar-refractivity contribution is 14.1. The maximum Gasteiger partial charge on any atom is 0.335 e. The van der Waals surface area contributed by atoms with E-state index in [2.05, 4.69) is 0 Å². The van der Waals surface area contributed by atoms with Gasteiger partial charge in [-0.1, -0.05) is 0 Å². The van der Waals surface area contributed by atoms with Crippen LogP contribution in [0.15, 0.2) is 24.3 Å². The van der Waals surface area contributed by atoms with E-state index in [4.69, 9.17) is 14.6 Å². The number of aromatic carboxylic acids is 1. The van der Waals surface area contributed by atoms with Gasteiger partial charge in [0.1, 0.15) is 5.75 Å². The Morgan fingerprint density at radius 2 is 1.32 bits per heavy atom. The van der Waals surface area contributed by atoms with E-state index < -0.39 is 38.6 Å². The highest BCUT2D eigenvalue weighted by atomic mass is 127. The van der Waals surface area contributed by atoms with Crippen LogP contribution in [-0.2, 0) is 0 Å². The summed E-state index contributed by atoms with van der Waals surface area (Å²) in [5.41, 5.74) is 0.174. The first-order chi connectivity index (χ1) is 13.3. The van der Waals surface area contributed by atoms with Crippen LogP contribution in [0.3, 0.4) is 0 Å². The highest BCUT2D eigenvalue weighted by Crippen LogP contribution is 2.30. The summed E-state index contributed by atoms with van der Waals surface area (Å²) < 4.78 is 63.8. The maximum absolute atomic E-state index is 13.6. The SMILES string of the molecule is O=C(O)c1ccc(OCCCCCCOc2c(F)c(F)c(I)c(F)c2F)cc1. The summed E-state index contributed by atoms with van der Waals surface area (Å²) in [6.07, 6.45) is 2.56. The number of carbonyl (C=O) groups is 1. The Hall–Kier alpha value is -2.04. The Morgan fingerprint density at radius 3 is 1.82 bits per heavy atom. The first kappa shape index (κ1) is 22.3. The molecule has 4 nitrogen and oxygen atoms in total. The lowest BCUT2D eigenvalue weighted by molar-refractivity contribution is 0.0697. The number of hydrogen-bond acceptors (Lipinski definition) is 3. The van der Waals surface area contributed by atoms with Gasteiger partial charge in [-0.2, -0.15) is 8.78 Å². The Balaban J connectivity index is 1.66. The lowest BCUT2D eigenvalue weighted by Crippen LogP contribution is -2.07. The molecule has 2 rings (SSSR count). The molecule has 0 unspecified atom stereocenters. The number of hydrogen-bond donors (Lipinski definition) is 1. The normalized spacial score (nSPS) is 10.8. The van der Waals surface area contributed by atoms with Gasteiger partial charge in [0.05, 0.1) is 22.3 Å². The van der Waals surface area contributed by atoms with Gasteiger partial charge >= 0.3 is 5.97 Å². The number of ether oxygens (including phenoxy) is 2. The molecule has 1 N–H and O–H groups in total. The molecule has 0 radical (unpaired) electrons.